The van der Waals surface area contributed by atoms with Crippen molar-refractivity contribution in [3.05, 3.63) is 0 Å². The van der Waals surface area contributed by atoms with Crippen LogP contribution in [0.3, 0.4) is 0 Å². The Labute approximate surface area is 105 Å². The SMILES string of the molecule is CN(CCC#N)C(=O)NC1COCC1(C)C(=O)O. The highest BCUT2D eigenvalue weighted by Crippen LogP contribution is 2.28. The monoisotopic (exact) mass is 255 g/mol. The van der Waals surface area contributed by atoms with Gasteiger partial charge in [0, 0.05) is 13.6 Å². The van der Waals surface area contributed by atoms with Gasteiger partial charge in [-0.15, -0.1) is 0 Å². The maximum absolute atomic E-state index is 11.8. The minimum atomic E-state index is -1.11. The van der Waals surface area contributed by atoms with E-state index in [0.717, 1.165) is 0 Å². The van der Waals surface area contributed by atoms with E-state index >= 15 is 0 Å². The Bertz CT molecular complexity index is 379. The van der Waals surface area contributed by atoms with E-state index in [9.17, 15) is 9.59 Å². The van der Waals surface area contributed by atoms with E-state index in [1.54, 1.807) is 14.0 Å². The normalized spacial score (nSPS) is 26.4. The highest BCUT2D eigenvalue weighted by atomic mass is 16.5. The zero-order valence-corrected chi connectivity index (χ0v) is 10.5. The predicted molar refractivity (Wildman–Crippen MR) is 61.7 cm³/mol. The zero-order valence-electron chi connectivity index (χ0n) is 10.5. The average molecular weight is 255 g/mol. The molecule has 0 aromatic rings. The molecule has 0 aromatic carbocycles. The molecular formula is C11H17N3O4. The molecule has 0 spiro atoms. The Kier molecular flexibility index (Phi) is 4.50. The van der Waals surface area contributed by atoms with Crippen LogP contribution in [0.1, 0.15) is 13.3 Å². The second-order valence-electron chi connectivity index (χ2n) is 4.57. The van der Waals surface area contributed by atoms with Crippen molar-refractivity contribution in [2.45, 2.75) is 19.4 Å². The number of rotatable bonds is 4. The van der Waals surface area contributed by atoms with Crippen molar-refractivity contribution in [3.8, 4) is 6.07 Å². The minimum Gasteiger partial charge on any atom is -0.481 e. The van der Waals surface area contributed by atoms with Crippen LogP contribution in [0.25, 0.3) is 0 Å². The van der Waals surface area contributed by atoms with Crippen LogP contribution in [0.5, 0.6) is 0 Å². The molecule has 1 saturated heterocycles. The maximum Gasteiger partial charge on any atom is 0.317 e. The van der Waals surface area contributed by atoms with Gasteiger partial charge in [-0.3, -0.25) is 4.79 Å². The largest absolute Gasteiger partial charge is 0.481 e. The Balaban J connectivity index is 2.59. The molecule has 1 aliphatic rings. The van der Waals surface area contributed by atoms with E-state index in [1.165, 1.54) is 4.90 Å². The summed E-state index contributed by atoms with van der Waals surface area (Å²) in [6.45, 7) is 2.11. The van der Waals surface area contributed by atoms with Crippen LogP contribution >= 0.6 is 0 Å². The van der Waals surface area contributed by atoms with Gasteiger partial charge in [0.2, 0.25) is 0 Å². The van der Waals surface area contributed by atoms with Crippen LogP contribution in [-0.4, -0.2) is 54.9 Å². The molecule has 1 fully saturated rings. The molecule has 0 saturated carbocycles. The van der Waals surface area contributed by atoms with Crippen molar-refractivity contribution >= 4 is 12.0 Å². The number of aliphatic carboxylic acids is 1. The van der Waals surface area contributed by atoms with Gasteiger partial charge in [-0.2, -0.15) is 5.26 Å². The average Bonchev–Trinajstić information content (AvgIpc) is 2.69. The predicted octanol–water partition coefficient (Wildman–Crippen LogP) is 0.0312. The van der Waals surface area contributed by atoms with Gasteiger partial charge >= 0.3 is 12.0 Å². The standard InChI is InChI=1S/C11H17N3O4/c1-11(9(15)16)7-18-6-8(11)13-10(17)14(2)5-3-4-12/h8H,3,5-7H2,1-2H3,(H,13,17)(H,15,16). The number of hydrogen-bond donors (Lipinski definition) is 2. The molecule has 2 atom stereocenters. The zero-order chi connectivity index (χ0) is 13.8. The molecule has 7 nitrogen and oxygen atoms in total. The summed E-state index contributed by atoms with van der Waals surface area (Å²) >= 11 is 0. The smallest absolute Gasteiger partial charge is 0.317 e. The third-order valence-corrected chi connectivity index (χ3v) is 3.15. The van der Waals surface area contributed by atoms with Crippen LogP contribution < -0.4 is 5.32 Å². The molecule has 2 unspecified atom stereocenters. The fourth-order valence-electron chi connectivity index (χ4n) is 1.66. The van der Waals surface area contributed by atoms with E-state index in [-0.39, 0.29) is 19.6 Å². The minimum absolute atomic E-state index is 0.0786. The summed E-state index contributed by atoms with van der Waals surface area (Å²) in [6, 6.07) is 0.983. The lowest BCUT2D eigenvalue weighted by atomic mass is 9.85. The van der Waals surface area contributed by atoms with Crippen LogP contribution in [-0.2, 0) is 9.53 Å². The van der Waals surface area contributed by atoms with Crippen LogP contribution in [0.4, 0.5) is 4.79 Å². The van der Waals surface area contributed by atoms with Gasteiger partial charge in [-0.1, -0.05) is 0 Å². The van der Waals surface area contributed by atoms with E-state index in [1.807, 2.05) is 6.07 Å². The number of carbonyl (C=O) groups excluding carboxylic acids is 1. The van der Waals surface area contributed by atoms with Crippen molar-refractivity contribution < 1.29 is 19.4 Å². The van der Waals surface area contributed by atoms with Gasteiger partial charge in [-0.05, 0) is 6.92 Å². The van der Waals surface area contributed by atoms with Gasteiger partial charge in [0.1, 0.15) is 5.41 Å². The third-order valence-electron chi connectivity index (χ3n) is 3.15. The highest BCUT2D eigenvalue weighted by Gasteiger charge is 2.47. The van der Waals surface area contributed by atoms with E-state index < -0.39 is 23.5 Å². The molecule has 7 heteroatoms. The van der Waals surface area contributed by atoms with Gasteiger partial charge in [0.05, 0.1) is 31.7 Å². The highest BCUT2D eigenvalue weighted by molar-refractivity contribution is 5.79. The molecule has 0 aliphatic carbocycles. The summed E-state index contributed by atoms with van der Waals surface area (Å²) in [5.74, 6) is -0.995. The van der Waals surface area contributed by atoms with Crippen LogP contribution in [0.15, 0.2) is 0 Å². The Morgan fingerprint density at radius 2 is 2.33 bits per heavy atom. The fraction of sp³-hybridized carbons (Fsp3) is 0.727. The summed E-state index contributed by atoms with van der Waals surface area (Å²) in [5.41, 5.74) is -1.11. The summed E-state index contributed by atoms with van der Waals surface area (Å²) in [7, 11) is 1.56. The molecule has 100 valence electrons. The lowest BCUT2D eigenvalue weighted by Crippen LogP contribution is -2.52. The molecule has 1 aliphatic heterocycles. The summed E-state index contributed by atoms with van der Waals surface area (Å²) in [4.78, 5) is 24.3. The first-order valence-corrected chi connectivity index (χ1v) is 5.61. The maximum atomic E-state index is 11.8. The van der Waals surface area contributed by atoms with Crippen molar-refractivity contribution in [1.29, 1.82) is 5.26 Å². The summed E-state index contributed by atoms with van der Waals surface area (Å²) in [5, 5.41) is 20.2. The topological polar surface area (TPSA) is 103 Å². The Morgan fingerprint density at radius 3 is 2.89 bits per heavy atom. The number of urea groups is 1. The number of nitrogens with zero attached hydrogens (tertiary/aromatic N) is 2. The third kappa shape index (κ3) is 2.90. The number of carboxylic acids is 1. The number of carbonyl (C=O) groups is 2. The molecule has 0 radical (unpaired) electrons. The Hall–Kier alpha value is -1.81. The number of carboxylic acid groups (broad SMARTS) is 1. The molecule has 1 heterocycles. The molecular weight excluding hydrogens is 238 g/mol. The fourth-order valence-corrected chi connectivity index (χ4v) is 1.66. The number of nitriles is 1. The first-order chi connectivity index (χ1) is 8.41. The lowest BCUT2D eigenvalue weighted by molar-refractivity contribution is -0.148. The van der Waals surface area contributed by atoms with Gasteiger partial charge < -0.3 is 20.1 Å². The first kappa shape index (κ1) is 14.3. The van der Waals surface area contributed by atoms with Gasteiger partial charge in [0.25, 0.3) is 0 Å². The Morgan fingerprint density at radius 1 is 1.67 bits per heavy atom. The number of amides is 2. The lowest BCUT2D eigenvalue weighted by Gasteiger charge is -2.27. The molecule has 2 amide bonds. The second kappa shape index (κ2) is 5.69. The van der Waals surface area contributed by atoms with Crippen molar-refractivity contribution in [2.75, 3.05) is 26.8 Å². The van der Waals surface area contributed by atoms with Gasteiger partial charge in [0.15, 0.2) is 0 Å². The van der Waals surface area contributed by atoms with Crippen LogP contribution in [0.2, 0.25) is 0 Å². The van der Waals surface area contributed by atoms with Crippen molar-refractivity contribution in [2.24, 2.45) is 5.41 Å². The quantitative estimate of drug-likeness (QED) is 0.737. The second-order valence-corrected chi connectivity index (χ2v) is 4.57. The van der Waals surface area contributed by atoms with Crippen molar-refractivity contribution in [3.63, 3.8) is 0 Å². The van der Waals surface area contributed by atoms with E-state index in [4.69, 9.17) is 15.1 Å². The molecule has 0 aromatic heterocycles. The number of ether oxygens (including phenoxy) is 1. The van der Waals surface area contributed by atoms with Crippen LogP contribution in [0, 0.1) is 16.7 Å². The first-order valence-electron chi connectivity index (χ1n) is 5.61. The van der Waals surface area contributed by atoms with Gasteiger partial charge in [-0.25, -0.2) is 4.79 Å². The molecule has 18 heavy (non-hydrogen) atoms. The van der Waals surface area contributed by atoms with Crippen molar-refractivity contribution in [1.82, 2.24) is 10.2 Å². The summed E-state index contributed by atoms with van der Waals surface area (Å²) < 4.78 is 5.13. The molecule has 2 N–H and O–H groups in total. The van der Waals surface area contributed by atoms with E-state index in [0.29, 0.717) is 6.54 Å². The molecule has 1 rings (SSSR count). The summed E-state index contributed by atoms with van der Waals surface area (Å²) in [6.07, 6.45) is 0.237. The number of hydrogen-bond acceptors (Lipinski definition) is 4. The number of nitrogens with one attached hydrogen (secondary N) is 1. The molecule has 0 bridgehead atoms. The van der Waals surface area contributed by atoms with E-state index in [2.05, 4.69) is 5.32 Å².